The van der Waals surface area contributed by atoms with E-state index in [0.29, 0.717) is 15.0 Å². The fourth-order valence-electron chi connectivity index (χ4n) is 2.12. The van der Waals surface area contributed by atoms with Crippen molar-refractivity contribution in [3.05, 3.63) is 30.3 Å². The Morgan fingerprint density at radius 2 is 0.833 bits per heavy atom. The van der Waals surface area contributed by atoms with Crippen LogP contribution in [0.15, 0.2) is 0 Å². The average molecular weight is 264 g/mol. The van der Waals surface area contributed by atoms with Gasteiger partial charge in [-0.3, -0.25) is 0 Å². The van der Waals surface area contributed by atoms with Gasteiger partial charge in [-0.05, 0) is 20.8 Å². The Balaban J connectivity index is 3.22. The molecule has 18 heavy (non-hydrogen) atoms. The molecule has 0 N–H and O–H groups in total. The van der Waals surface area contributed by atoms with Crippen molar-refractivity contribution in [3.63, 3.8) is 0 Å². The third-order valence-electron chi connectivity index (χ3n) is 2.86. The monoisotopic (exact) mass is 264 g/mol. The number of hydrogen-bond acceptors (Lipinski definition) is 6. The summed E-state index contributed by atoms with van der Waals surface area (Å²) in [5.41, 5.74) is 0. The van der Waals surface area contributed by atoms with Crippen LogP contribution in [-0.2, 0) is 0 Å². The summed E-state index contributed by atoms with van der Waals surface area (Å²) in [6.45, 7) is 3.74. The largest absolute Gasteiger partial charge is 0.235 e. The molecule has 1 heterocycles. The molecule has 0 aromatic rings. The lowest BCUT2D eigenvalue weighted by Gasteiger charge is -2.41. The summed E-state index contributed by atoms with van der Waals surface area (Å²) in [5.74, 6) is 0. The van der Waals surface area contributed by atoms with Gasteiger partial charge in [0.05, 0.1) is 0 Å². The molecule has 0 radical (unpaired) electrons. The van der Waals surface area contributed by atoms with E-state index in [-0.39, 0.29) is 0 Å². The predicted molar refractivity (Wildman–Crippen MR) is 54.9 cm³/mol. The van der Waals surface area contributed by atoms with E-state index in [1.807, 2.05) is 0 Å². The Kier molecular flexibility index (Phi) is 3.39. The average Bonchev–Trinajstić information content (AvgIpc) is 2.14. The molecule has 0 saturated carbocycles. The first kappa shape index (κ1) is 13.7. The summed E-state index contributed by atoms with van der Waals surface area (Å²) >= 11 is 0. The van der Waals surface area contributed by atoms with E-state index in [4.69, 9.17) is 0 Å². The number of nitrogens with zero attached hydrogens (tertiary/aromatic N) is 6. The van der Waals surface area contributed by atoms with Gasteiger partial charge in [-0.1, -0.05) is 15.0 Å². The van der Waals surface area contributed by atoms with Crippen LogP contribution in [-0.4, -0.2) is 48.6 Å². The Bertz CT molecular complexity index is 320. The summed E-state index contributed by atoms with van der Waals surface area (Å²) in [5, 5.41) is 31.3. The van der Waals surface area contributed by atoms with E-state index in [0.717, 1.165) is 0 Å². The maximum atomic E-state index is 10.9. The predicted octanol–water partition coefficient (Wildman–Crippen LogP) is -0.481. The standard InChI is InChI=1S/C6H12N6O6/c1-4-7(10(13)14)5(2)9(12(17)18)6(3)8(4)11(15)16/h4-6H,1-3H3. The normalized spacial score (nSPS) is 28.2. The number of hydrogen-bond donors (Lipinski definition) is 0. The van der Waals surface area contributed by atoms with Gasteiger partial charge < -0.3 is 0 Å². The Morgan fingerprint density at radius 1 is 0.667 bits per heavy atom. The van der Waals surface area contributed by atoms with Crippen LogP contribution in [0.1, 0.15) is 20.8 Å². The van der Waals surface area contributed by atoms with Crippen molar-refractivity contribution >= 4 is 0 Å². The van der Waals surface area contributed by atoms with Crippen LogP contribution in [0.5, 0.6) is 0 Å². The number of hydrazine groups is 3. The molecule has 1 fully saturated rings. The van der Waals surface area contributed by atoms with Crippen LogP contribution in [0.4, 0.5) is 0 Å². The van der Waals surface area contributed by atoms with Crippen molar-refractivity contribution in [1.82, 2.24) is 15.0 Å². The lowest BCUT2D eigenvalue weighted by atomic mass is 10.3. The molecule has 1 rings (SSSR count). The van der Waals surface area contributed by atoms with Crippen LogP contribution in [0.25, 0.3) is 0 Å². The fourth-order valence-corrected chi connectivity index (χ4v) is 2.12. The summed E-state index contributed by atoms with van der Waals surface area (Å²) in [7, 11) is 0. The molecular weight excluding hydrogens is 252 g/mol. The maximum absolute atomic E-state index is 10.9. The highest BCUT2D eigenvalue weighted by molar-refractivity contribution is 4.73. The second kappa shape index (κ2) is 4.46. The smallest absolute Gasteiger partial charge is 0.220 e. The molecule has 0 aromatic heterocycles. The molecule has 0 bridgehead atoms. The molecular formula is C6H12N6O6. The minimum Gasteiger partial charge on any atom is -0.235 e. The van der Waals surface area contributed by atoms with E-state index >= 15 is 0 Å². The van der Waals surface area contributed by atoms with Crippen LogP contribution in [0.2, 0.25) is 0 Å². The van der Waals surface area contributed by atoms with Gasteiger partial charge in [0.2, 0.25) is 18.5 Å². The molecule has 0 atom stereocenters. The zero-order valence-electron chi connectivity index (χ0n) is 9.86. The lowest BCUT2D eigenvalue weighted by Crippen LogP contribution is -2.71. The first-order valence-corrected chi connectivity index (χ1v) is 4.98. The summed E-state index contributed by atoms with van der Waals surface area (Å²) in [6, 6.07) is 0. The molecule has 12 heteroatoms. The van der Waals surface area contributed by atoms with Gasteiger partial charge in [0, 0.05) is 0 Å². The highest BCUT2D eigenvalue weighted by Gasteiger charge is 2.55. The number of nitro groups is 3. The van der Waals surface area contributed by atoms with E-state index < -0.39 is 33.6 Å². The van der Waals surface area contributed by atoms with Crippen molar-refractivity contribution in [2.75, 3.05) is 0 Å². The molecule has 102 valence electrons. The molecule has 0 aromatic carbocycles. The molecule has 12 nitrogen and oxygen atoms in total. The molecule has 1 aliphatic rings. The van der Waals surface area contributed by atoms with Crippen LogP contribution in [0, 0.1) is 30.3 Å². The topological polar surface area (TPSA) is 139 Å². The van der Waals surface area contributed by atoms with E-state index in [1.165, 1.54) is 20.8 Å². The second-order valence-electron chi connectivity index (χ2n) is 3.75. The lowest BCUT2D eigenvalue weighted by molar-refractivity contribution is -0.807. The van der Waals surface area contributed by atoms with Crippen LogP contribution < -0.4 is 0 Å². The zero-order valence-corrected chi connectivity index (χ0v) is 9.86. The molecule has 0 aliphatic carbocycles. The Morgan fingerprint density at radius 3 is 0.944 bits per heavy atom. The Hall–Kier alpha value is -2.40. The van der Waals surface area contributed by atoms with E-state index in [1.54, 1.807) is 0 Å². The van der Waals surface area contributed by atoms with Crippen LogP contribution >= 0.6 is 0 Å². The minimum atomic E-state index is -1.20. The first-order chi connectivity index (χ1) is 8.20. The van der Waals surface area contributed by atoms with Crippen molar-refractivity contribution in [2.45, 2.75) is 39.3 Å². The van der Waals surface area contributed by atoms with E-state index in [2.05, 4.69) is 0 Å². The van der Waals surface area contributed by atoms with Crippen molar-refractivity contribution in [2.24, 2.45) is 0 Å². The van der Waals surface area contributed by atoms with Gasteiger partial charge in [-0.2, -0.15) is 0 Å². The van der Waals surface area contributed by atoms with Crippen molar-refractivity contribution < 1.29 is 15.1 Å². The number of rotatable bonds is 3. The molecule has 0 amide bonds. The second-order valence-corrected chi connectivity index (χ2v) is 3.75. The minimum absolute atomic E-state index is 0.464. The van der Waals surface area contributed by atoms with Crippen molar-refractivity contribution in [1.29, 1.82) is 0 Å². The van der Waals surface area contributed by atoms with Crippen LogP contribution in [0.3, 0.4) is 0 Å². The fraction of sp³-hybridized carbons (Fsp3) is 1.00. The highest BCUT2D eigenvalue weighted by atomic mass is 16.7. The molecule has 1 aliphatic heterocycles. The molecule has 0 spiro atoms. The third kappa shape index (κ3) is 1.91. The van der Waals surface area contributed by atoms with Crippen molar-refractivity contribution in [3.8, 4) is 0 Å². The summed E-state index contributed by atoms with van der Waals surface area (Å²) < 4.78 is 0. The van der Waals surface area contributed by atoms with Gasteiger partial charge in [-0.15, -0.1) is 0 Å². The maximum Gasteiger partial charge on any atom is 0.220 e. The summed E-state index contributed by atoms with van der Waals surface area (Å²) in [6.07, 6.45) is -3.59. The zero-order chi connectivity index (χ0) is 14.2. The highest BCUT2D eigenvalue weighted by Crippen LogP contribution is 2.25. The van der Waals surface area contributed by atoms with Gasteiger partial charge in [0.1, 0.15) is 0 Å². The van der Waals surface area contributed by atoms with Gasteiger partial charge in [-0.25, -0.2) is 30.3 Å². The first-order valence-electron chi connectivity index (χ1n) is 4.98. The quantitative estimate of drug-likeness (QED) is 0.488. The molecule has 0 unspecified atom stereocenters. The van der Waals surface area contributed by atoms with Gasteiger partial charge >= 0.3 is 0 Å². The Labute approximate surface area is 101 Å². The third-order valence-corrected chi connectivity index (χ3v) is 2.86. The van der Waals surface area contributed by atoms with Gasteiger partial charge in [0.15, 0.2) is 15.1 Å². The SMILES string of the molecule is CC1N([N+](=O)[O-])C(C)N([N+](=O)[O-])C(C)N1[N+](=O)[O-]. The molecule has 1 saturated heterocycles. The van der Waals surface area contributed by atoms with Gasteiger partial charge in [0.25, 0.3) is 0 Å². The summed E-state index contributed by atoms with van der Waals surface area (Å²) in [4.78, 5) is 32.6. The van der Waals surface area contributed by atoms with E-state index in [9.17, 15) is 30.3 Å².